The number of rotatable bonds is 11. The number of anilines is 1. The Morgan fingerprint density at radius 3 is 2.00 bits per heavy atom. The molecular weight excluding hydrogens is 542 g/mol. The maximum Gasteiger partial charge on any atom is 0.305 e. The van der Waals surface area contributed by atoms with Gasteiger partial charge in [-0.1, -0.05) is 48.5 Å². The highest BCUT2D eigenvalue weighted by Crippen LogP contribution is 2.43. The molecule has 0 spiro atoms. The van der Waals surface area contributed by atoms with E-state index in [0.29, 0.717) is 39.3 Å². The number of aliphatic hydroxyl groups excluding tert-OH is 2. The van der Waals surface area contributed by atoms with Crippen molar-refractivity contribution in [1.82, 2.24) is 4.57 Å². The standard InChI is InChI=1S/C33H32F2N2O5/c1-20(2)37-28(17-16-26(38)18-27(39)19-29(40)41)30(22-8-10-23(34)11-9-22)31(21-6-4-3-5-7-21)32(37)33(42)36-25-14-12-24(35)13-15-25/h3-17,20,26-27,38-39H,18-19H2,1-2H3,(H,36,42)(H,40,41)/b17-16+/t26-,27-/m1/s1. The van der Waals surface area contributed by atoms with Gasteiger partial charge < -0.3 is 25.2 Å². The van der Waals surface area contributed by atoms with Gasteiger partial charge in [0.2, 0.25) is 0 Å². The van der Waals surface area contributed by atoms with Crippen LogP contribution >= 0.6 is 0 Å². The molecule has 4 aromatic rings. The summed E-state index contributed by atoms with van der Waals surface area (Å²) in [5.74, 6) is -2.52. The van der Waals surface area contributed by atoms with E-state index in [4.69, 9.17) is 5.11 Å². The van der Waals surface area contributed by atoms with Gasteiger partial charge in [-0.2, -0.15) is 0 Å². The fraction of sp³-hybridized carbons (Fsp3) is 0.212. The van der Waals surface area contributed by atoms with Crippen molar-refractivity contribution in [2.45, 2.75) is 44.9 Å². The Bertz CT molecular complexity index is 1560. The number of aliphatic hydroxyl groups is 2. The van der Waals surface area contributed by atoms with Crippen molar-refractivity contribution in [3.8, 4) is 22.3 Å². The predicted octanol–water partition coefficient (Wildman–Crippen LogP) is 6.53. The molecule has 7 nitrogen and oxygen atoms in total. The summed E-state index contributed by atoms with van der Waals surface area (Å²) in [5.41, 5.74) is 3.72. The van der Waals surface area contributed by atoms with E-state index in [0.717, 1.165) is 0 Å². The Kier molecular flexibility index (Phi) is 9.67. The lowest BCUT2D eigenvalue weighted by atomic mass is 9.94. The first kappa shape index (κ1) is 30.4. The second-order valence-electron chi connectivity index (χ2n) is 10.2. The fourth-order valence-electron chi connectivity index (χ4n) is 4.89. The number of carboxylic acid groups (broad SMARTS) is 1. The number of carbonyl (C=O) groups excluding carboxylic acids is 1. The van der Waals surface area contributed by atoms with Gasteiger partial charge in [0.25, 0.3) is 5.91 Å². The van der Waals surface area contributed by atoms with E-state index in [1.165, 1.54) is 42.5 Å². The Labute approximate surface area is 242 Å². The van der Waals surface area contributed by atoms with Gasteiger partial charge in [-0.05, 0) is 67.4 Å². The summed E-state index contributed by atoms with van der Waals surface area (Å²) in [6.45, 7) is 3.78. The Morgan fingerprint density at radius 1 is 0.857 bits per heavy atom. The molecule has 1 amide bonds. The normalized spacial score (nSPS) is 12.9. The van der Waals surface area contributed by atoms with Crippen LogP contribution in [-0.4, -0.2) is 44.0 Å². The Morgan fingerprint density at radius 2 is 1.43 bits per heavy atom. The van der Waals surface area contributed by atoms with Gasteiger partial charge in [-0.15, -0.1) is 0 Å². The highest BCUT2D eigenvalue weighted by Gasteiger charge is 2.29. The van der Waals surface area contributed by atoms with Crippen molar-refractivity contribution in [1.29, 1.82) is 0 Å². The van der Waals surface area contributed by atoms with Crippen molar-refractivity contribution in [2.75, 3.05) is 5.32 Å². The van der Waals surface area contributed by atoms with Crippen LogP contribution in [-0.2, 0) is 4.79 Å². The number of nitrogens with one attached hydrogen (secondary N) is 1. The molecule has 0 saturated heterocycles. The maximum absolute atomic E-state index is 14.0. The number of hydrogen-bond donors (Lipinski definition) is 4. The second kappa shape index (κ2) is 13.4. The molecule has 0 radical (unpaired) electrons. The van der Waals surface area contributed by atoms with Gasteiger partial charge >= 0.3 is 5.97 Å². The number of aromatic nitrogens is 1. The summed E-state index contributed by atoms with van der Waals surface area (Å²) in [6.07, 6.45) is -0.110. The molecule has 0 aliphatic heterocycles. The molecule has 2 atom stereocenters. The first-order valence-corrected chi connectivity index (χ1v) is 13.5. The van der Waals surface area contributed by atoms with E-state index >= 15 is 0 Å². The van der Waals surface area contributed by atoms with Crippen molar-refractivity contribution in [2.24, 2.45) is 0 Å². The van der Waals surface area contributed by atoms with Crippen molar-refractivity contribution in [3.05, 3.63) is 108 Å². The minimum atomic E-state index is -1.26. The van der Waals surface area contributed by atoms with E-state index in [1.807, 2.05) is 44.2 Å². The maximum atomic E-state index is 14.0. The highest BCUT2D eigenvalue weighted by molar-refractivity contribution is 6.11. The molecule has 4 rings (SSSR count). The van der Waals surface area contributed by atoms with Crippen LogP contribution in [0.3, 0.4) is 0 Å². The molecule has 1 aromatic heterocycles. The van der Waals surface area contributed by atoms with Gasteiger partial charge in [0.1, 0.15) is 17.3 Å². The van der Waals surface area contributed by atoms with Crippen LogP contribution in [0.15, 0.2) is 84.9 Å². The third kappa shape index (κ3) is 7.18. The number of hydrogen-bond acceptors (Lipinski definition) is 4. The van der Waals surface area contributed by atoms with E-state index < -0.39 is 42.1 Å². The van der Waals surface area contributed by atoms with Gasteiger partial charge in [0, 0.05) is 35.0 Å². The molecule has 0 fully saturated rings. The average Bonchev–Trinajstić information content (AvgIpc) is 3.29. The first-order chi connectivity index (χ1) is 20.0. The molecule has 0 aliphatic carbocycles. The summed E-state index contributed by atoms with van der Waals surface area (Å²) in [5, 5.41) is 32.5. The largest absolute Gasteiger partial charge is 0.481 e. The third-order valence-corrected chi connectivity index (χ3v) is 6.67. The SMILES string of the molecule is CC(C)n1c(/C=C/[C@@H](O)C[C@@H](O)CC(=O)O)c(-c2ccc(F)cc2)c(-c2ccccc2)c1C(=O)Nc1ccc(F)cc1. The van der Waals surface area contributed by atoms with Crippen molar-refractivity contribution in [3.63, 3.8) is 0 Å². The first-order valence-electron chi connectivity index (χ1n) is 13.5. The number of amides is 1. The summed E-state index contributed by atoms with van der Waals surface area (Å²) >= 11 is 0. The summed E-state index contributed by atoms with van der Waals surface area (Å²) in [4.78, 5) is 25.0. The van der Waals surface area contributed by atoms with Crippen LogP contribution in [0.5, 0.6) is 0 Å². The van der Waals surface area contributed by atoms with Crippen LogP contribution in [0.1, 0.15) is 48.9 Å². The van der Waals surface area contributed by atoms with Gasteiger partial charge in [0.15, 0.2) is 0 Å². The molecule has 3 aromatic carbocycles. The predicted molar refractivity (Wildman–Crippen MR) is 158 cm³/mol. The quantitative estimate of drug-likeness (QED) is 0.163. The van der Waals surface area contributed by atoms with E-state index in [2.05, 4.69) is 5.32 Å². The van der Waals surface area contributed by atoms with Crippen molar-refractivity contribution >= 4 is 23.6 Å². The number of carbonyl (C=O) groups is 2. The second-order valence-corrected chi connectivity index (χ2v) is 10.2. The van der Waals surface area contributed by atoms with E-state index in [9.17, 15) is 28.6 Å². The number of benzene rings is 3. The molecule has 0 saturated carbocycles. The topological polar surface area (TPSA) is 112 Å². The number of carboxylic acids is 1. The summed E-state index contributed by atoms with van der Waals surface area (Å²) < 4.78 is 29.3. The van der Waals surface area contributed by atoms with Crippen LogP contribution in [0.2, 0.25) is 0 Å². The monoisotopic (exact) mass is 574 g/mol. The molecule has 1 heterocycles. The zero-order valence-corrected chi connectivity index (χ0v) is 23.2. The number of halogens is 2. The van der Waals surface area contributed by atoms with Crippen molar-refractivity contribution < 1.29 is 33.7 Å². The average molecular weight is 575 g/mol. The van der Waals surface area contributed by atoms with Gasteiger partial charge in [0.05, 0.1) is 18.6 Å². The molecule has 0 bridgehead atoms. The number of nitrogens with zero attached hydrogens (tertiary/aromatic N) is 1. The lowest BCUT2D eigenvalue weighted by Crippen LogP contribution is -2.20. The molecule has 42 heavy (non-hydrogen) atoms. The minimum absolute atomic E-state index is 0.208. The summed E-state index contributed by atoms with van der Waals surface area (Å²) in [6, 6.07) is 20.2. The molecular formula is C33H32F2N2O5. The number of aliphatic carboxylic acids is 1. The van der Waals surface area contributed by atoms with Crippen LogP contribution in [0.25, 0.3) is 28.3 Å². The van der Waals surface area contributed by atoms with Crippen LogP contribution in [0, 0.1) is 11.6 Å². The molecule has 0 unspecified atom stereocenters. The zero-order valence-electron chi connectivity index (χ0n) is 23.2. The lowest BCUT2D eigenvalue weighted by molar-refractivity contribution is -0.139. The van der Waals surface area contributed by atoms with Crippen LogP contribution in [0.4, 0.5) is 14.5 Å². The Balaban J connectivity index is 1.95. The van der Waals surface area contributed by atoms with E-state index in [-0.39, 0.29) is 12.5 Å². The zero-order chi connectivity index (χ0) is 30.4. The molecule has 4 N–H and O–H groups in total. The molecule has 9 heteroatoms. The highest BCUT2D eigenvalue weighted by atomic mass is 19.1. The smallest absolute Gasteiger partial charge is 0.305 e. The molecule has 0 aliphatic rings. The Hall–Kier alpha value is -4.60. The van der Waals surface area contributed by atoms with Crippen LogP contribution < -0.4 is 5.32 Å². The van der Waals surface area contributed by atoms with E-state index in [1.54, 1.807) is 22.8 Å². The van der Waals surface area contributed by atoms with Gasteiger partial charge in [-0.25, -0.2) is 8.78 Å². The van der Waals surface area contributed by atoms with Gasteiger partial charge in [-0.3, -0.25) is 9.59 Å². The lowest BCUT2D eigenvalue weighted by Gasteiger charge is -2.17. The molecule has 218 valence electrons. The summed E-state index contributed by atoms with van der Waals surface area (Å²) in [7, 11) is 0. The minimum Gasteiger partial charge on any atom is -0.481 e. The third-order valence-electron chi connectivity index (χ3n) is 6.67. The fourth-order valence-corrected chi connectivity index (χ4v) is 4.89.